The molecule has 0 aliphatic heterocycles. The van der Waals surface area contributed by atoms with E-state index in [1.165, 1.54) is 6.92 Å². The average molecular weight is 360 g/mol. The van der Waals surface area contributed by atoms with Gasteiger partial charge in [-0.25, -0.2) is 4.79 Å². The molecule has 1 saturated carbocycles. The van der Waals surface area contributed by atoms with Gasteiger partial charge in [0.05, 0.1) is 0 Å². The lowest BCUT2D eigenvalue weighted by atomic mass is 9.83. The minimum atomic E-state index is -1.17. The van der Waals surface area contributed by atoms with Crippen LogP contribution < -0.4 is 10.6 Å². The fourth-order valence-corrected chi connectivity index (χ4v) is 3.28. The summed E-state index contributed by atoms with van der Waals surface area (Å²) >= 11 is 0. The minimum absolute atomic E-state index is 0.0180. The van der Waals surface area contributed by atoms with Crippen molar-refractivity contribution in [2.75, 3.05) is 0 Å². The van der Waals surface area contributed by atoms with Gasteiger partial charge in [-0.05, 0) is 24.3 Å². The minimum Gasteiger partial charge on any atom is -0.480 e. The Kier molecular flexibility index (Phi) is 6.89. The largest absolute Gasteiger partial charge is 0.480 e. The number of carbonyl (C=O) groups is 4. The number of amides is 2. The first-order valence-corrected chi connectivity index (χ1v) is 8.72. The molecule has 0 bridgehead atoms. The fraction of sp³-hybridized carbons (Fsp3) is 0.474. The van der Waals surface area contributed by atoms with Crippen molar-refractivity contribution in [3.05, 3.63) is 35.9 Å². The van der Waals surface area contributed by atoms with Crippen molar-refractivity contribution in [3.8, 4) is 0 Å². The molecule has 1 aromatic rings. The SMILES string of the molecule is CC(=O)N[C@@H](Cc1ccccc1)C(=O)N[C@H](C(=O)O)[C@H]1CCCC(=O)C1. The van der Waals surface area contributed by atoms with Crippen molar-refractivity contribution in [1.29, 1.82) is 0 Å². The topological polar surface area (TPSA) is 113 Å². The van der Waals surface area contributed by atoms with Crippen LogP contribution in [0.2, 0.25) is 0 Å². The van der Waals surface area contributed by atoms with Crippen molar-refractivity contribution in [3.63, 3.8) is 0 Å². The summed E-state index contributed by atoms with van der Waals surface area (Å²) in [6, 6.07) is 7.14. The monoisotopic (exact) mass is 360 g/mol. The van der Waals surface area contributed by atoms with Crippen LogP contribution in [0.1, 0.15) is 38.2 Å². The second-order valence-corrected chi connectivity index (χ2v) is 6.66. The fourth-order valence-electron chi connectivity index (χ4n) is 3.28. The van der Waals surface area contributed by atoms with Gasteiger partial charge in [-0.3, -0.25) is 14.4 Å². The number of rotatable bonds is 7. The molecular formula is C19H24N2O5. The van der Waals surface area contributed by atoms with E-state index in [2.05, 4.69) is 10.6 Å². The van der Waals surface area contributed by atoms with E-state index in [1.807, 2.05) is 30.3 Å². The predicted octanol–water partition coefficient (Wildman–Crippen LogP) is 1.06. The molecule has 0 spiro atoms. The number of hydrogen-bond donors (Lipinski definition) is 3. The maximum atomic E-state index is 12.6. The molecule has 2 rings (SSSR count). The normalized spacial score (nSPS) is 19.3. The van der Waals surface area contributed by atoms with E-state index < -0.39 is 29.9 Å². The van der Waals surface area contributed by atoms with E-state index in [-0.39, 0.29) is 24.5 Å². The molecule has 140 valence electrons. The van der Waals surface area contributed by atoms with Crippen LogP contribution in [-0.2, 0) is 25.6 Å². The highest BCUT2D eigenvalue weighted by Crippen LogP contribution is 2.24. The third-order valence-electron chi connectivity index (χ3n) is 4.53. The van der Waals surface area contributed by atoms with E-state index in [1.54, 1.807) is 0 Å². The Morgan fingerprint density at radius 2 is 1.88 bits per heavy atom. The number of benzene rings is 1. The van der Waals surface area contributed by atoms with Crippen molar-refractivity contribution >= 4 is 23.6 Å². The molecule has 3 atom stereocenters. The lowest BCUT2D eigenvalue weighted by Crippen LogP contribution is -2.54. The molecule has 3 N–H and O–H groups in total. The number of hydrogen-bond acceptors (Lipinski definition) is 4. The molecule has 7 nitrogen and oxygen atoms in total. The molecule has 1 aliphatic carbocycles. The van der Waals surface area contributed by atoms with Crippen LogP contribution in [0.3, 0.4) is 0 Å². The van der Waals surface area contributed by atoms with Crippen LogP contribution >= 0.6 is 0 Å². The van der Waals surface area contributed by atoms with Crippen LogP contribution in [-0.4, -0.2) is 40.8 Å². The number of Topliss-reactive ketones (excluding diaryl/α,β-unsaturated/α-hetero) is 1. The van der Waals surface area contributed by atoms with Crippen LogP contribution in [0.5, 0.6) is 0 Å². The summed E-state index contributed by atoms with van der Waals surface area (Å²) in [7, 11) is 0. The summed E-state index contributed by atoms with van der Waals surface area (Å²) in [5.41, 5.74) is 0.848. The first kappa shape index (κ1) is 19.6. The zero-order valence-electron chi connectivity index (χ0n) is 14.7. The lowest BCUT2D eigenvalue weighted by Gasteiger charge is -2.29. The van der Waals surface area contributed by atoms with E-state index in [9.17, 15) is 24.3 Å². The van der Waals surface area contributed by atoms with E-state index >= 15 is 0 Å². The summed E-state index contributed by atoms with van der Waals surface area (Å²) in [6.45, 7) is 1.31. The van der Waals surface area contributed by atoms with Crippen LogP contribution in [0.4, 0.5) is 0 Å². The first-order chi connectivity index (χ1) is 12.4. The van der Waals surface area contributed by atoms with Crippen molar-refractivity contribution in [2.45, 2.75) is 51.1 Å². The summed E-state index contributed by atoms with van der Waals surface area (Å²) < 4.78 is 0. The third-order valence-corrected chi connectivity index (χ3v) is 4.53. The Morgan fingerprint density at radius 3 is 2.46 bits per heavy atom. The quantitative estimate of drug-likeness (QED) is 0.673. The second kappa shape index (κ2) is 9.12. The van der Waals surface area contributed by atoms with Crippen LogP contribution in [0.15, 0.2) is 30.3 Å². The summed E-state index contributed by atoms with van der Waals surface area (Å²) in [5.74, 6) is -2.51. The van der Waals surface area contributed by atoms with Crippen molar-refractivity contribution in [2.24, 2.45) is 5.92 Å². The molecule has 0 unspecified atom stereocenters. The number of ketones is 1. The average Bonchev–Trinajstić information content (AvgIpc) is 2.59. The first-order valence-electron chi connectivity index (χ1n) is 8.72. The summed E-state index contributed by atoms with van der Waals surface area (Å²) in [4.78, 5) is 47.4. The highest BCUT2D eigenvalue weighted by molar-refractivity contribution is 5.90. The molecule has 1 aliphatic rings. The Bertz CT molecular complexity index is 674. The van der Waals surface area contributed by atoms with Crippen LogP contribution in [0.25, 0.3) is 0 Å². The predicted molar refractivity (Wildman–Crippen MR) is 94.3 cm³/mol. The van der Waals surface area contributed by atoms with Gasteiger partial charge in [-0.15, -0.1) is 0 Å². The van der Waals surface area contributed by atoms with Crippen molar-refractivity contribution < 1.29 is 24.3 Å². The maximum absolute atomic E-state index is 12.6. The molecule has 26 heavy (non-hydrogen) atoms. The lowest BCUT2D eigenvalue weighted by molar-refractivity contribution is -0.144. The maximum Gasteiger partial charge on any atom is 0.326 e. The molecule has 0 heterocycles. The molecule has 2 amide bonds. The van der Waals surface area contributed by atoms with Gasteiger partial charge >= 0.3 is 5.97 Å². The van der Waals surface area contributed by atoms with Crippen molar-refractivity contribution in [1.82, 2.24) is 10.6 Å². The van der Waals surface area contributed by atoms with Gasteiger partial charge in [0.25, 0.3) is 0 Å². The molecular weight excluding hydrogens is 336 g/mol. The second-order valence-electron chi connectivity index (χ2n) is 6.66. The van der Waals surface area contributed by atoms with Gasteiger partial charge in [-0.1, -0.05) is 30.3 Å². The van der Waals surface area contributed by atoms with Gasteiger partial charge in [0.1, 0.15) is 17.9 Å². The Balaban J connectivity index is 2.10. The van der Waals surface area contributed by atoms with E-state index in [0.29, 0.717) is 19.3 Å². The Hall–Kier alpha value is -2.70. The summed E-state index contributed by atoms with van der Waals surface area (Å²) in [6.07, 6.45) is 2.07. The van der Waals surface area contributed by atoms with E-state index in [4.69, 9.17) is 0 Å². The number of nitrogens with one attached hydrogen (secondary N) is 2. The van der Waals surface area contributed by atoms with Gasteiger partial charge in [-0.2, -0.15) is 0 Å². The summed E-state index contributed by atoms with van der Waals surface area (Å²) in [5, 5.41) is 14.6. The van der Waals surface area contributed by atoms with Gasteiger partial charge in [0.2, 0.25) is 11.8 Å². The van der Waals surface area contributed by atoms with E-state index in [0.717, 1.165) is 5.56 Å². The Morgan fingerprint density at radius 1 is 1.19 bits per heavy atom. The molecule has 0 aromatic heterocycles. The van der Waals surface area contributed by atoms with Crippen LogP contribution in [0, 0.1) is 5.92 Å². The number of carboxylic acids is 1. The number of carboxylic acid groups (broad SMARTS) is 1. The molecule has 1 aromatic carbocycles. The zero-order chi connectivity index (χ0) is 19.1. The number of carbonyl (C=O) groups excluding carboxylic acids is 3. The number of aliphatic carboxylic acids is 1. The van der Waals surface area contributed by atoms with Gasteiger partial charge < -0.3 is 15.7 Å². The van der Waals surface area contributed by atoms with Gasteiger partial charge in [0, 0.05) is 26.2 Å². The molecule has 1 fully saturated rings. The smallest absolute Gasteiger partial charge is 0.326 e. The Labute approximate surface area is 152 Å². The standard InChI is InChI=1S/C19H24N2O5/c1-12(22)20-16(10-13-6-3-2-4-7-13)18(24)21-17(19(25)26)14-8-5-9-15(23)11-14/h2-4,6-7,14,16-17H,5,8-11H2,1H3,(H,20,22)(H,21,24)(H,25,26)/t14-,16-,17-/m0/s1. The zero-order valence-corrected chi connectivity index (χ0v) is 14.7. The van der Waals surface area contributed by atoms with Gasteiger partial charge in [0.15, 0.2) is 0 Å². The molecule has 0 radical (unpaired) electrons. The highest BCUT2D eigenvalue weighted by Gasteiger charge is 2.35. The highest BCUT2D eigenvalue weighted by atomic mass is 16.4. The third kappa shape index (κ3) is 5.68. The molecule has 0 saturated heterocycles. The molecule has 7 heteroatoms.